The minimum absolute atomic E-state index is 0.0922. The predicted octanol–water partition coefficient (Wildman–Crippen LogP) is 11.1. The first-order chi connectivity index (χ1) is 38.9. The van der Waals surface area contributed by atoms with E-state index in [0.29, 0.717) is 34.5 Å². The molecule has 0 saturated carbocycles. The molecule has 0 saturated heterocycles. The van der Waals surface area contributed by atoms with Gasteiger partial charge < -0.3 is 40.5 Å². The zero-order valence-electron chi connectivity index (χ0n) is 48.3. The lowest BCUT2D eigenvalue weighted by Crippen LogP contribution is -2.38. The number of ketones is 2. The number of hydrogen-bond donors (Lipinski definition) is 4. The molecule has 0 aliphatic heterocycles. The van der Waals surface area contributed by atoms with E-state index in [1.54, 1.807) is 78.2 Å². The minimum Gasteiger partial charge on any atom is -0.444 e. The average molecular weight is 1110 g/mol. The van der Waals surface area contributed by atoms with Gasteiger partial charge in [-0.25, -0.2) is 9.59 Å². The standard InChI is InChI=1S/C36H38N4O6.C29H35N3O4/c1-23-27(18-33(43)31-14-12-25(19-37-31)21-40(16-17-41)35(45)46-36(3,4)5)8-6-9-28(23)29-10-7-11-30(24(29)2)39-34(44)32-15-13-26(22-42)20-38-32;1-19-22(8-6-9-23(19)24-10-7-11-25(30)20(24)2)16-27(34)26-13-12-21(17-31-26)18-32(14-15-33)28(35)36-29(3,4)5/h6-15,19-20,22,41H,16-18,21H2,1-5H3,(H,39,44);6-13,17,33H,14-16,18,30H2,1-5H3. The van der Waals surface area contributed by atoms with E-state index in [-0.39, 0.29) is 69.5 Å². The number of amides is 3. The number of aromatic nitrogens is 3. The van der Waals surface area contributed by atoms with Gasteiger partial charge in [0.2, 0.25) is 0 Å². The summed E-state index contributed by atoms with van der Waals surface area (Å²) < 4.78 is 10.8. The van der Waals surface area contributed by atoms with Gasteiger partial charge in [0.05, 0.1) is 26.3 Å². The van der Waals surface area contributed by atoms with Crippen molar-refractivity contribution in [2.75, 3.05) is 37.4 Å². The van der Waals surface area contributed by atoms with Crippen LogP contribution in [-0.2, 0) is 35.4 Å². The number of aldehydes is 1. The first-order valence-corrected chi connectivity index (χ1v) is 26.9. The summed E-state index contributed by atoms with van der Waals surface area (Å²) in [6.07, 6.45) is 4.47. The van der Waals surface area contributed by atoms with Gasteiger partial charge in [-0.15, -0.1) is 0 Å². The second-order valence-electron chi connectivity index (χ2n) is 21.8. The maximum atomic E-state index is 13.3. The maximum absolute atomic E-state index is 13.3. The largest absolute Gasteiger partial charge is 0.444 e. The molecule has 7 aromatic rings. The number of carbonyl (C=O) groups excluding carboxylic acids is 6. The minimum atomic E-state index is -0.670. The van der Waals surface area contributed by atoms with Crippen molar-refractivity contribution in [2.24, 2.45) is 0 Å². The number of anilines is 2. The number of nitrogens with zero attached hydrogens (tertiary/aromatic N) is 5. The highest BCUT2D eigenvalue weighted by atomic mass is 16.6. The lowest BCUT2D eigenvalue weighted by atomic mass is 9.91. The highest BCUT2D eigenvalue weighted by Crippen LogP contribution is 2.34. The fourth-order valence-electron chi connectivity index (χ4n) is 8.84. The fraction of sp³-hybridized carbons (Fsp3) is 0.308. The first kappa shape index (κ1) is 62.3. The van der Waals surface area contributed by atoms with E-state index in [2.05, 4.69) is 20.3 Å². The van der Waals surface area contributed by atoms with Crippen LogP contribution in [-0.4, -0.2) is 108 Å². The Bertz CT molecular complexity index is 3400. The molecule has 7 rings (SSSR count). The van der Waals surface area contributed by atoms with E-state index in [4.69, 9.17) is 15.2 Å². The molecule has 5 N–H and O–H groups in total. The number of hydrogen-bond acceptors (Lipinski definition) is 14. The van der Waals surface area contributed by atoms with Crippen LogP contribution >= 0.6 is 0 Å². The molecule has 3 aromatic heterocycles. The molecule has 0 bridgehead atoms. The van der Waals surface area contributed by atoms with Crippen molar-refractivity contribution in [3.8, 4) is 22.3 Å². The quantitative estimate of drug-likeness (QED) is 0.0334. The Balaban J connectivity index is 0.000000272. The van der Waals surface area contributed by atoms with Crippen molar-refractivity contribution in [1.82, 2.24) is 24.8 Å². The number of benzene rings is 4. The number of aliphatic hydroxyl groups is 2. The van der Waals surface area contributed by atoms with Gasteiger partial charge in [0.1, 0.15) is 28.3 Å². The van der Waals surface area contributed by atoms with Crippen LogP contribution in [0.3, 0.4) is 0 Å². The molecule has 0 spiro atoms. The molecule has 0 atom stereocenters. The van der Waals surface area contributed by atoms with Crippen molar-refractivity contribution in [2.45, 2.75) is 106 Å². The van der Waals surface area contributed by atoms with Gasteiger partial charge in [0.15, 0.2) is 17.9 Å². The maximum Gasteiger partial charge on any atom is 0.410 e. The molecule has 428 valence electrons. The van der Waals surface area contributed by atoms with Gasteiger partial charge in [0, 0.05) is 61.5 Å². The van der Waals surface area contributed by atoms with E-state index < -0.39 is 29.3 Å². The predicted molar refractivity (Wildman–Crippen MR) is 317 cm³/mol. The van der Waals surface area contributed by atoms with E-state index >= 15 is 0 Å². The zero-order valence-corrected chi connectivity index (χ0v) is 48.3. The van der Waals surface area contributed by atoms with Crippen LogP contribution in [0.1, 0.15) is 128 Å². The number of rotatable bonds is 19. The summed E-state index contributed by atoms with van der Waals surface area (Å²) in [6.45, 7) is 18.8. The van der Waals surface area contributed by atoms with E-state index in [1.165, 1.54) is 28.1 Å². The summed E-state index contributed by atoms with van der Waals surface area (Å²) in [5, 5.41) is 21.7. The highest BCUT2D eigenvalue weighted by Gasteiger charge is 2.25. The van der Waals surface area contributed by atoms with Crippen molar-refractivity contribution < 1.29 is 48.5 Å². The highest BCUT2D eigenvalue weighted by molar-refractivity contribution is 6.04. The molecule has 17 heteroatoms. The van der Waals surface area contributed by atoms with Gasteiger partial charge in [-0.1, -0.05) is 72.8 Å². The number of nitrogens with two attached hydrogens (primary N) is 1. The second-order valence-corrected chi connectivity index (χ2v) is 21.8. The Labute approximate surface area is 479 Å². The molecule has 4 aromatic carbocycles. The monoisotopic (exact) mass is 1110 g/mol. The molecule has 82 heavy (non-hydrogen) atoms. The third kappa shape index (κ3) is 17.0. The van der Waals surface area contributed by atoms with Gasteiger partial charge in [0.25, 0.3) is 5.91 Å². The van der Waals surface area contributed by atoms with Crippen LogP contribution in [0.15, 0.2) is 128 Å². The summed E-state index contributed by atoms with van der Waals surface area (Å²) in [5.74, 6) is -0.638. The number of aliphatic hydroxyl groups excluding tert-OH is 2. The smallest absolute Gasteiger partial charge is 0.410 e. The lowest BCUT2D eigenvalue weighted by Gasteiger charge is -2.27. The van der Waals surface area contributed by atoms with Crippen LogP contribution in [0.5, 0.6) is 0 Å². The summed E-state index contributed by atoms with van der Waals surface area (Å²) in [7, 11) is 0. The summed E-state index contributed by atoms with van der Waals surface area (Å²) >= 11 is 0. The fourth-order valence-corrected chi connectivity index (χ4v) is 8.84. The number of ether oxygens (including phenoxy) is 2. The summed E-state index contributed by atoms with van der Waals surface area (Å²) in [4.78, 5) is 90.6. The molecular formula is C65H73N7O10. The summed E-state index contributed by atoms with van der Waals surface area (Å²) in [5.41, 5.74) is 18.4. The van der Waals surface area contributed by atoms with E-state index in [1.807, 2.05) is 100 Å². The van der Waals surface area contributed by atoms with Crippen LogP contribution in [0, 0.1) is 27.7 Å². The molecule has 0 unspecified atom stereocenters. The van der Waals surface area contributed by atoms with Crippen molar-refractivity contribution in [3.63, 3.8) is 0 Å². The topological polar surface area (TPSA) is 245 Å². The third-order valence-electron chi connectivity index (χ3n) is 13.3. The lowest BCUT2D eigenvalue weighted by molar-refractivity contribution is 0.0193. The van der Waals surface area contributed by atoms with Gasteiger partial charge >= 0.3 is 12.2 Å². The van der Waals surface area contributed by atoms with Crippen LogP contribution in [0.2, 0.25) is 0 Å². The number of nitrogen functional groups attached to an aromatic ring is 1. The van der Waals surface area contributed by atoms with Crippen LogP contribution < -0.4 is 11.1 Å². The Hall–Kier alpha value is -8.93. The molecule has 0 aliphatic rings. The number of carbonyl (C=O) groups is 6. The van der Waals surface area contributed by atoms with Crippen molar-refractivity contribution in [3.05, 3.63) is 195 Å². The van der Waals surface area contributed by atoms with Crippen molar-refractivity contribution in [1.29, 1.82) is 0 Å². The SMILES string of the molecule is Cc1c(CC(=O)c2ccc(CN(CCO)C(=O)OC(C)(C)C)cn2)cccc1-c1cccc(NC(=O)c2ccc(C=O)cn2)c1C.Cc1c(N)cccc1-c1cccc(CC(=O)c2ccc(CN(CCO)C(=O)OC(C)(C)C)cn2)c1C. The second kappa shape index (κ2) is 28.0. The number of Topliss-reactive ketones (excluding diaryl/α,β-unsaturated/α-hetero) is 2. The zero-order chi connectivity index (χ0) is 59.9. The Morgan fingerprint density at radius 1 is 0.537 bits per heavy atom. The molecular weight excluding hydrogens is 1040 g/mol. The molecule has 0 fully saturated rings. The molecule has 17 nitrogen and oxygen atoms in total. The molecule has 0 radical (unpaired) electrons. The Morgan fingerprint density at radius 2 is 0.951 bits per heavy atom. The van der Waals surface area contributed by atoms with Gasteiger partial charge in [-0.2, -0.15) is 0 Å². The molecule has 0 aliphatic carbocycles. The normalized spacial score (nSPS) is 11.2. The first-order valence-electron chi connectivity index (χ1n) is 26.9. The number of nitrogens with one attached hydrogen (secondary N) is 1. The van der Waals surface area contributed by atoms with Crippen LogP contribution in [0.4, 0.5) is 21.0 Å². The van der Waals surface area contributed by atoms with Gasteiger partial charge in [-0.3, -0.25) is 34.1 Å². The number of pyridine rings is 3. The third-order valence-corrected chi connectivity index (χ3v) is 13.3. The van der Waals surface area contributed by atoms with Crippen LogP contribution in [0.25, 0.3) is 22.3 Å². The Morgan fingerprint density at radius 3 is 1.35 bits per heavy atom. The molecule has 3 heterocycles. The van der Waals surface area contributed by atoms with Crippen molar-refractivity contribution >= 4 is 47.3 Å². The molecule has 3 amide bonds. The van der Waals surface area contributed by atoms with E-state index in [9.17, 15) is 39.0 Å². The average Bonchev–Trinajstić information content (AvgIpc) is 3.46. The van der Waals surface area contributed by atoms with Gasteiger partial charge in [-0.05, 0) is 172 Å². The Kier molecular flexibility index (Phi) is 21.2. The summed E-state index contributed by atoms with van der Waals surface area (Å²) in [6, 6.07) is 33.1. The van der Waals surface area contributed by atoms with E-state index in [0.717, 1.165) is 66.9 Å².